The SMILES string of the molecule is CN1C2=CC=C(Cl)CC2=C(C(=O)OC(C(F)(F)F)C(F)(F)F)c2ccccc21. The van der Waals surface area contributed by atoms with Crippen LogP contribution in [-0.4, -0.2) is 31.5 Å². The van der Waals surface area contributed by atoms with Crippen LogP contribution < -0.4 is 4.90 Å². The van der Waals surface area contributed by atoms with Crippen molar-refractivity contribution in [1.82, 2.24) is 0 Å². The maximum absolute atomic E-state index is 12.8. The van der Waals surface area contributed by atoms with Crippen LogP contribution in [0.5, 0.6) is 0 Å². The maximum Gasteiger partial charge on any atom is 0.434 e. The van der Waals surface area contributed by atoms with Gasteiger partial charge in [-0.25, -0.2) is 4.79 Å². The van der Waals surface area contributed by atoms with Gasteiger partial charge < -0.3 is 9.64 Å². The van der Waals surface area contributed by atoms with Crippen molar-refractivity contribution < 1.29 is 35.9 Å². The van der Waals surface area contributed by atoms with E-state index < -0.39 is 24.4 Å². The summed E-state index contributed by atoms with van der Waals surface area (Å²) in [6.45, 7) is 0. The number of carbonyl (C=O) groups excluding carboxylic acids is 1. The normalized spacial score (nSPS) is 17.1. The van der Waals surface area contributed by atoms with Gasteiger partial charge in [0.25, 0.3) is 6.10 Å². The third kappa shape index (κ3) is 3.63. The first-order valence-electron chi connectivity index (χ1n) is 7.88. The van der Waals surface area contributed by atoms with Crippen LogP contribution in [0.25, 0.3) is 5.57 Å². The minimum atomic E-state index is -5.80. The van der Waals surface area contributed by atoms with Gasteiger partial charge in [-0.1, -0.05) is 29.8 Å². The standard InChI is InChI=1S/C18H12ClF6NO2/c1-26-12-5-3-2-4-10(12)14(11-8-9(19)6-7-13(11)26)15(27)28-16(17(20,21)22)18(23,24)25/h2-7,16H,8H2,1H3. The number of hydrogen-bond acceptors (Lipinski definition) is 3. The summed E-state index contributed by atoms with van der Waals surface area (Å²) in [7, 11) is 1.66. The number of halogens is 7. The molecule has 0 radical (unpaired) electrons. The topological polar surface area (TPSA) is 29.5 Å². The van der Waals surface area contributed by atoms with E-state index in [-0.39, 0.29) is 28.2 Å². The van der Waals surface area contributed by atoms with Gasteiger partial charge in [0.1, 0.15) is 0 Å². The number of hydrogen-bond donors (Lipinski definition) is 0. The van der Waals surface area contributed by atoms with Crippen molar-refractivity contribution in [1.29, 1.82) is 0 Å². The quantitative estimate of drug-likeness (QED) is 0.475. The lowest BCUT2D eigenvalue weighted by atomic mass is 9.87. The van der Waals surface area contributed by atoms with E-state index in [0.29, 0.717) is 11.4 Å². The highest BCUT2D eigenvalue weighted by Gasteiger charge is 2.60. The van der Waals surface area contributed by atoms with Crippen LogP contribution in [0.2, 0.25) is 0 Å². The highest BCUT2D eigenvalue weighted by molar-refractivity contribution is 6.30. The smallest absolute Gasteiger partial charge is 0.434 e. The summed E-state index contributed by atoms with van der Waals surface area (Å²) in [6, 6.07) is 6.16. The number of allylic oxidation sites excluding steroid dienone is 4. The lowest BCUT2D eigenvalue weighted by Crippen LogP contribution is -2.46. The summed E-state index contributed by atoms with van der Waals surface area (Å²) in [5.74, 6) is -1.72. The third-order valence-electron chi connectivity index (χ3n) is 4.30. The molecule has 0 bridgehead atoms. The molecule has 0 atom stereocenters. The van der Waals surface area contributed by atoms with E-state index in [1.165, 1.54) is 18.2 Å². The average molecular weight is 424 g/mol. The number of rotatable bonds is 2. The zero-order valence-electron chi connectivity index (χ0n) is 14.2. The second-order valence-corrected chi connectivity index (χ2v) is 6.63. The molecule has 3 rings (SSSR count). The van der Waals surface area contributed by atoms with Gasteiger partial charge >= 0.3 is 18.3 Å². The number of carbonyl (C=O) groups is 1. The zero-order chi connectivity index (χ0) is 20.9. The first kappa shape index (κ1) is 20.3. The second kappa shape index (κ2) is 6.88. The van der Waals surface area contributed by atoms with E-state index in [1.807, 2.05) is 0 Å². The van der Waals surface area contributed by atoms with Gasteiger partial charge in [-0.2, -0.15) is 26.3 Å². The van der Waals surface area contributed by atoms with Gasteiger partial charge in [-0.15, -0.1) is 0 Å². The summed E-state index contributed by atoms with van der Waals surface area (Å²) in [4.78, 5) is 14.2. The van der Waals surface area contributed by atoms with Crippen molar-refractivity contribution >= 4 is 28.8 Å². The Morgan fingerprint density at radius 1 is 1.11 bits per heavy atom. The van der Waals surface area contributed by atoms with Crippen molar-refractivity contribution in [2.24, 2.45) is 0 Å². The number of ether oxygens (including phenoxy) is 1. The zero-order valence-corrected chi connectivity index (χ0v) is 14.9. The summed E-state index contributed by atoms with van der Waals surface area (Å²) in [6.07, 6.45) is -12.8. The van der Waals surface area contributed by atoms with E-state index >= 15 is 0 Å². The van der Waals surface area contributed by atoms with Crippen molar-refractivity contribution in [3.8, 4) is 0 Å². The fourth-order valence-corrected chi connectivity index (χ4v) is 3.30. The van der Waals surface area contributed by atoms with Crippen molar-refractivity contribution in [3.63, 3.8) is 0 Å². The Hall–Kier alpha value is -2.42. The fraction of sp³-hybridized carbons (Fsp3) is 0.278. The van der Waals surface area contributed by atoms with E-state index in [1.54, 1.807) is 30.2 Å². The first-order chi connectivity index (χ1) is 12.9. The molecule has 3 nitrogen and oxygen atoms in total. The molecule has 0 saturated heterocycles. The van der Waals surface area contributed by atoms with Crippen molar-refractivity contribution in [3.05, 3.63) is 58.3 Å². The molecule has 10 heteroatoms. The molecule has 1 aliphatic carbocycles. The van der Waals surface area contributed by atoms with Crippen LogP contribution in [-0.2, 0) is 9.53 Å². The molecule has 0 spiro atoms. The highest BCUT2D eigenvalue weighted by Crippen LogP contribution is 2.45. The number of esters is 1. The summed E-state index contributed by atoms with van der Waals surface area (Å²) >= 11 is 5.98. The molecule has 0 fully saturated rings. The van der Waals surface area contributed by atoms with Crippen LogP contribution in [0.15, 0.2) is 52.7 Å². The predicted molar refractivity (Wildman–Crippen MR) is 90.4 cm³/mol. The van der Waals surface area contributed by atoms with Gasteiger partial charge in [0.2, 0.25) is 0 Å². The Bertz CT molecular complexity index is 899. The minimum Gasteiger partial charge on any atom is -0.439 e. The molecular weight excluding hydrogens is 412 g/mol. The molecule has 0 N–H and O–H groups in total. The summed E-state index contributed by atoms with van der Waals surface area (Å²) < 4.78 is 80.9. The van der Waals surface area contributed by atoms with Crippen molar-refractivity contribution in [2.75, 3.05) is 11.9 Å². The lowest BCUT2D eigenvalue weighted by Gasteiger charge is -2.35. The first-order valence-corrected chi connectivity index (χ1v) is 8.26. The van der Waals surface area contributed by atoms with Crippen LogP contribution in [0.3, 0.4) is 0 Å². The second-order valence-electron chi connectivity index (χ2n) is 6.14. The predicted octanol–water partition coefficient (Wildman–Crippen LogP) is 5.34. The maximum atomic E-state index is 12.8. The van der Waals surface area contributed by atoms with Gasteiger partial charge in [0, 0.05) is 35.4 Å². The average Bonchev–Trinajstić information content (AvgIpc) is 2.58. The molecule has 0 amide bonds. The summed E-state index contributed by atoms with van der Waals surface area (Å²) in [5, 5.41) is 0.278. The number of anilines is 1. The van der Waals surface area contributed by atoms with E-state index in [0.717, 1.165) is 0 Å². The van der Waals surface area contributed by atoms with Crippen LogP contribution in [0.1, 0.15) is 12.0 Å². The number of para-hydroxylation sites is 1. The van der Waals surface area contributed by atoms with E-state index in [9.17, 15) is 31.1 Å². The largest absolute Gasteiger partial charge is 0.439 e. The Balaban J connectivity index is 2.12. The molecule has 28 heavy (non-hydrogen) atoms. The third-order valence-corrected chi connectivity index (χ3v) is 4.56. The summed E-state index contributed by atoms with van der Waals surface area (Å²) in [5.41, 5.74) is 0.861. The minimum absolute atomic E-state index is 0.0286. The van der Waals surface area contributed by atoms with Crippen LogP contribution in [0.4, 0.5) is 32.0 Å². The van der Waals surface area contributed by atoms with Crippen LogP contribution in [0, 0.1) is 0 Å². The molecule has 0 saturated carbocycles. The molecule has 1 heterocycles. The molecule has 1 aromatic rings. The number of fused-ring (bicyclic) bond motifs is 2. The van der Waals surface area contributed by atoms with E-state index in [4.69, 9.17) is 11.6 Å². The molecule has 2 aliphatic rings. The number of benzene rings is 1. The number of alkyl halides is 6. The van der Waals surface area contributed by atoms with Gasteiger partial charge in [-0.3, -0.25) is 0 Å². The Morgan fingerprint density at radius 3 is 2.32 bits per heavy atom. The molecular formula is C18H12ClF6NO2. The van der Waals surface area contributed by atoms with Crippen molar-refractivity contribution in [2.45, 2.75) is 24.9 Å². The molecule has 0 aromatic heterocycles. The number of likely N-dealkylation sites (N-methyl/N-ethyl adjacent to an activating group) is 1. The molecule has 1 aliphatic heterocycles. The Labute approximate surface area is 160 Å². The van der Waals surface area contributed by atoms with Gasteiger partial charge in [0.05, 0.1) is 5.57 Å². The monoisotopic (exact) mass is 423 g/mol. The highest BCUT2D eigenvalue weighted by atomic mass is 35.5. The van der Waals surface area contributed by atoms with Gasteiger partial charge in [-0.05, 0) is 23.8 Å². The molecule has 150 valence electrons. The molecule has 1 aromatic carbocycles. The van der Waals surface area contributed by atoms with Gasteiger partial charge in [0.15, 0.2) is 0 Å². The molecule has 0 unspecified atom stereocenters. The van der Waals surface area contributed by atoms with Crippen LogP contribution >= 0.6 is 11.6 Å². The fourth-order valence-electron chi connectivity index (χ4n) is 3.11. The Kier molecular flexibility index (Phi) is 4.99. The number of nitrogens with zero attached hydrogens (tertiary/aromatic N) is 1. The Morgan fingerprint density at radius 2 is 1.71 bits per heavy atom. The lowest BCUT2D eigenvalue weighted by molar-refractivity contribution is -0.311. The van der Waals surface area contributed by atoms with E-state index in [2.05, 4.69) is 4.74 Å².